The molecule has 2 nitrogen and oxygen atoms in total. The Morgan fingerprint density at radius 1 is 1.10 bits per heavy atom. The van der Waals surface area contributed by atoms with Crippen molar-refractivity contribution in [2.45, 2.75) is 19.3 Å². The first-order valence-corrected chi connectivity index (χ1v) is 8.91. The fourth-order valence-corrected chi connectivity index (χ4v) is 4.17. The summed E-state index contributed by atoms with van der Waals surface area (Å²) in [7, 11) is 0. The second-order valence-corrected chi connectivity index (χ2v) is 7.35. The van der Waals surface area contributed by atoms with Crippen LogP contribution in [0.4, 0.5) is 5.82 Å². The molecule has 0 atom stereocenters. The Hall–Kier alpha value is -0.870. The first kappa shape index (κ1) is 15.0. The summed E-state index contributed by atoms with van der Waals surface area (Å²) in [6, 6.07) is 12.9. The van der Waals surface area contributed by atoms with Gasteiger partial charge in [-0.25, -0.2) is 4.98 Å². The van der Waals surface area contributed by atoms with Crippen molar-refractivity contribution in [2.24, 2.45) is 5.92 Å². The fraction of sp³-hybridized carbons (Fsp3) is 0.353. The van der Waals surface area contributed by atoms with Crippen molar-refractivity contribution >= 4 is 37.7 Å². The Morgan fingerprint density at radius 2 is 1.81 bits per heavy atom. The van der Waals surface area contributed by atoms with E-state index in [0.29, 0.717) is 0 Å². The molecule has 4 heteroatoms. The van der Waals surface area contributed by atoms with E-state index in [9.17, 15) is 0 Å². The molecule has 3 rings (SSSR count). The van der Waals surface area contributed by atoms with Crippen LogP contribution in [0.1, 0.15) is 18.4 Å². The van der Waals surface area contributed by atoms with E-state index in [-0.39, 0.29) is 0 Å². The predicted octanol–water partition coefficient (Wildman–Crippen LogP) is 5.07. The molecule has 21 heavy (non-hydrogen) atoms. The van der Waals surface area contributed by atoms with Crippen LogP contribution in [-0.4, -0.2) is 18.1 Å². The Bertz CT molecular complexity index is 593. The number of pyridine rings is 1. The van der Waals surface area contributed by atoms with Gasteiger partial charge in [0.05, 0.1) is 4.47 Å². The summed E-state index contributed by atoms with van der Waals surface area (Å²) in [6.07, 6.45) is 5.54. The van der Waals surface area contributed by atoms with Gasteiger partial charge in [-0.2, -0.15) is 0 Å². The van der Waals surface area contributed by atoms with Crippen molar-refractivity contribution in [2.75, 3.05) is 18.0 Å². The Kier molecular flexibility index (Phi) is 4.96. The minimum absolute atomic E-state index is 0.790. The minimum atomic E-state index is 0.790. The maximum Gasteiger partial charge on any atom is 0.142 e. The van der Waals surface area contributed by atoms with E-state index in [1.54, 1.807) is 0 Å². The van der Waals surface area contributed by atoms with Gasteiger partial charge in [0.1, 0.15) is 5.82 Å². The molecular formula is C17H18Br2N2. The lowest BCUT2D eigenvalue weighted by molar-refractivity contribution is 0.402. The Morgan fingerprint density at radius 3 is 2.48 bits per heavy atom. The molecule has 0 radical (unpaired) electrons. The van der Waals surface area contributed by atoms with Crippen molar-refractivity contribution in [1.82, 2.24) is 4.98 Å². The average molecular weight is 410 g/mol. The van der Waals surface area contributed by atoms with Gasteiger partial charge in [0, 0.05) is 23.8 Å². The Labute approximate surface area is 142 Å². The normalized spacial score (nSPS) is 16.2. The summed E-state index contributed by atoms with van der Waals surface area (Å²) in [5.41, 5.74) is 1.46. The lowest BCUT2D eigenvalue weighted by atomic mass is 9.90. The van der Waals surface area contributed by atoms with Gasteiger partial charge in [-0.1, -0.05) is 30.3 Å². The van der Waals surface area contributed by atoms with E-state index in [2.05, 4.69) is 78.1 Å². The van der Waals surface area contributed by atoms with Crippen molar-refractivity contribution in [3.8, 4) is 0 Å². The van der Waals surface area contributed by atoms with Crippen LogP contribution in [0.5, 0.6) is 0 Å². The molecule has 0 spiro atoms. The molecule has 1 fully saturated rings. The predicted molar refractivity (Wildman–Crippen MR) is 94.7 cm³/mol. The van der Waals surface area contributed by atoms with Gasteiger partial charge in [0.25, 0.3) is 0 Å². The Balaban J connectivity index is 1.60. The van der Waals surface area contributed by atoms with Crippen LogP contribution in [0.2, 0.25) is 0 Å². The van der Waals surface area contributed by atoms with Gasteiger partial charge in [0.15, 0.2) is 0 Å². The molecule has 110 valence electrons. The van der Waals surface area contributed by atoms with Crippen LogP contribution >= 0.6 is 31.9 Å². The standard InChI is InChI=1S/C17H18Br2N2/c18-15-11-16(19)17(20-12-15)21-8-6-14(7-9-21)10-13-4-2-1-3-5-13/h1-5,11-12,14H,6-10H2. The number of rotatable bonds is 3. The number of aromatic nitrogens is 1. The zero-order chi connectivity index (χ0) is 14.7. The lowest BCUT2D eigenvalue weighted by Crippen LogP contribution is -2.35. The molecule has 2 aromatic rings. The van der Waals surface area contributed by atoms with Crippen LogP contribution < -0.4 is 4.90 Å². The van der Waals surface area contributed by atoms with E-state index in [4.69, 9.17) is 0 Å². The molecule has 0 N–H and O–H groups in total. The summed E-state index contributed by atoms with van der Waals surface area (Å²) < 4.78 is 2.08. The average Bonchev–Trinajstić information content (AvgIpc) is 2.49. The van der Waals surface area contributed by atoms with Crippen LogP contribution in [0.3, 0.4) is 0 Å². The maximum atomic E-state index is 4.54. The number of hydrogen-bond acceptors (Lipinski definition) is 2. The molecule has 0 aliphatic carbocycles. The van der Waals surface area contributed by atoms with Crippen LogP contribution in [-0.2, 0) is 6.42 Å². The number of halogens is 2. The molecule has 0 bridgehead atoms. The first-order chi connectivity index (χ1) is 10.2. The fourth-order valence-electron chi connectivity index (χ4n) is 2.94. The second-order valence-electron chi connectivity index (χ2n) is 5.58. The second kappa shape index (κ2) is 6.93. The summed E-state index contributed by atoms with van der Waals surface area (Å²) >= 11 is 7.07. The molecule has 0 amide bonds. The number of nitrogens with zero attached hydrogens (tertiary/aromatic N) is 2. The van der Waals surface area contributed by atoms with Gasteiger partial charge >= 0.3 is 0 Å². The SMILES string of the molecule is Brc1cnc(N2CCC(Cc3ccccc3)CC2)c(Br)c1. The minimum Gasteiger partial charge on any atom is -0.356 e. The van der Waals surface area contributed by atoms with Gasteiger partial charge in [-0.3, -0.25) is 0 Å². The highest BCUT2D eigenvalue weighted by Gasteiger charge is 2.21. The van der Waals surface area contributed by atoms with E-state index in [1.165, 1.54) is 24.8 Å². The highest BCUT2D eigenvalue weighted by molar-refractivity contribution is 9.11. The van der Waals surface area contributed by atoms with Crippen molar-refractivity contribution in [3.63, 3.8) is 0 Å². The third-order valence-corrected chi connectivity index (χ3v) is 5.09. The van der Waals surface area contributed by atoms with Crippen LogP contribution in [0.25, 0.3) is 0 Å². The smallest absolute Gasteiger partial charge is 0.142 e. The molecule has 2 heterocycles. The lowest BCUT2D eigenvalue weighted by Gasteiger charge is -2.33. The van der Waals surface area contributed by atoms with Crippen LogP contribution in [0.15, 0.2) is 51.5 Å². The number of benzene rings is 1. The third-order valence-electron chi connectivity index (χ3n) is 4.07. The number of piperidine rings is 1. The third kappa shape index (κ3) is 3.86. The number of hydrogen-bond donors (Lipinski definition) is 0. The summed E-state index contributed by atoms with van der Waals surface area (Å²) in [5.74, 6) is 1.86. The first-order valence-electron chi connectivity index (χ1n) is 7.32. The van der Waals surface area contributed by atoms with Gasteiger partial charge in [-0.15, -0.1) is 0 Å². The largest absolute Gasteiger partial charge is 0.356 e. The molecule has 1 aromatic heterocycles. The zero-order valence-electron chi connectivity index (χ0n) is 11.8. The molecule has 0 unspecified atom stereocenters. The molecule has 1 aromatic carbocycles. The molecule has 0 saturated carbocycles. The maximum absolute atomic E-state index is 4.54. The molecule has 1 aliphatic heterocycles. The summed E-state index contributed by atoms with van der Waals surface area (Å²) in [5, 5.41) is 0. The van der Waals surface area contributed by atoms with Crippen molar-refractivity contribution < 1.29 is 0 Å². The van der Waals surface area contributed by atoms with E-state index >= 15 is 0 Å². The summed E-state index contributed by atoms with van der Waals surface area (Å²) in [6.45, 7) is 2.18. The van der Waals surface area contributed by atoms with Gasteiger partial charge in [0.2, 0.25) is 0 Å². The van der Waals surface area contributed by atoms with E-state index < -0.39 is 0 Å². The molecule has 1 saturated heterocycles. The van der Waals surface area contributed by atoms with Crippen LogP contribution in [0, 0.1) is 5.92 Å². The van der Waals surface area contributed by atoms with Crippen molar-refractivity contribution in [3.05, 3.63) is 57.1 Å². The highest BCUT2D eigenvalue weighted by atomic mass is 79.9. The topological polar surface area (TPSA) is 16.1 Å². The van der Waals surface area contributed by atoms with Gasteiger partial charge < -0.3 is 4.90 Å². The van der Waals surface area contributed by atoms with Gasteiger partial charge in [-0.05, 0) is 68.7 Å². The summed E-state index contributed by atoms with van der Waals surface area (Å²) in [4.78, 5) is 6.93. The molecule has 1 aliphatic rings. The monoisotopic (exact) mass is 408 g/mol. The van der Waals surface area contributed by atoms with E-state index in [0.717, 1.165) is 33.8 Å². The number of anilines is 1. The highest BCUT2D eigenvalue weighted by Crippen LogP contribution is 2.30. The quantitative estimate of drug-likeness (QED) is 0.703. The van der Waals surface area contributed by atoms with Crippen molar-refractivity contribution in [1.29, 1.82) is 0 Å². The zero-order valence-corrected chi connectivity index (χ0v) is 15.0. The molecular weight excluding hydrogens is 392 g/mol. The van der Waals surface area contributed by atoms with E-state index in [1.807, 2.05) is 6.20 Å².